The van der Waals surface area contributed by atoms with E-state index in [1.807, 2.05) is 0 Å². The number of nitrogens with one attached hydrogen (secondary N) is 1. The Balaban J connectivity index is 1.92. The summed E-state index contributed by atoms with van der Waals surface area (Å²) in [5.74, 6) is 0. The second-order valence-corrected chi connectivity index (χ2v) is 7.19. The Morgan fingerprint density at radius 1 is 1.00 bits per heavy atom. The molecule has 8 heteroatoms. The van der Waals surface area contributed by atoms with E-state index in [1.54, 1.807) is 36.4 Å². The zero-order chi connectivity index (χ0) is 18.0. The molecule has 0 aliphatic heterocycles. The lowest BCUT2D eigenvalue weighted by molar-refractivity contribution is -0.384. The van der Waals surface area contributed by atoms with Gasteiger partial charge in [-0.1, -0.05) is 36.4 Å². The van der Waals surface area contributed by atoms with Crippen LogP contribution in [0.2, 0.25) is 0 Å². The molecule has 3 aromatic carbocycles. The van der Waals surface area contributed by atoms with Crippen LogP contribution in [0.4, 0.5) is 11.4 Å². The highest BCUT2D eigenvalue weighted by molar-refractivity contribution is 7.89. The molecule has 7 nitrogen and oxygen atoms in total. The van der Waals surface area contributed by atoms with Gasteiger partial charge in [-0.05, 0) is 17.7 Å². The minimum absolute atomic E-state index is 0.0529. The first-order valence-electron chi connectivity index (χ1n) is 7.39. The van der Waals surface area contributed by atoms with Gasteiger partial charge in [0.25, 0.3) is 5.69 Å². The Hall–Kier alpha value is -2.97. The number of benzene rings is 3. The molecule has 0 heterocycles. The zero-order valence-corrected chi connectivity index (χ0v) is 13.9. The van der Waals surface area contributed by atoms with E-state index in [2.05, 4.69) is 4.72 Å². The number of nitrogens with two attached hydrogens (primary N) is 1. The molecule has 0 fully saturated rings. The summed E-state index contributed by atoms with van der Waals surface area (Å²) in [6, 6.07) is 15.8. The van der Waals surface area contributed by atoms with Crippen molar-refractivity contribution in [2.45, 2.75) is 11.4 Å². The first-order valence-corrected chi connectivity index (χ1v) is 8.87. The molecular formula is C17H15N3O4S. The Kier molecular flexibility index (Phi) is 4.39. The Labute approximate surface area is 144 Å². The summed E-state index contributed by atoms with van der Waals surface area (Å²) < 4.78 is 27.8. The van der Waals surface area contributed by atoms with Crippen molar-refractivity contribution >= 4 is 32.2 Å². The summed E-state index contributed by atoms with van der Waals surface area (Å²) in [7, 11) is -3.81. The number of nitrogens with zero attached hydrogens (tertiary/aromatic N) is 1. The van der Waals surface area contributed by atoms with Crippen molar-refractivity contribution in [3.8, 4) is 0 Å². The van der Waals surface area contributed by atoms with Gasteiger partial charge in [-0.25, -0.2) is 13.1 Å². The molecule has 3 aromatic rings. The molecule has 0 aliphatic carbocycles. The molecule has 25 heavy (non-hydrogen) atoms. The summed E-state index contributed by atoms with van der Waals surface area (Å²) in [5.41, 5.74) is 6.80. The van der Waals surface area contributed by atoms with Gasteiger partial charge in [0.2, 0.25) is 10.0 Å². The average molecular weight is 357 g/mol. The topological polar surface area (TPSA) is 115 Å². The largest absolute Gasteiger partial charge is 0.398 e. The van der Waals surface area contributed by atoms with E-state index in [-0.39, 0.29) is 17.1 Å². The predicted octanol–water partition coefficient (Wildman–Crippen LogP) is 2.81. The minimum Gasteiger partial charge on any atom is -0.398 e. The van der Waals surface area contributed by atoms with E-state index in [1.165, 1.54) is 24.3 Å². The summed E-state index contributed by atoms with van der Waals surface area (Å²) in [6.07, 6.45) is 0. The number of hydrogen-bond donors (Lipinski definition) is 2. The number of non-ortho nitro benzene ring substituents is 1. The van der Waals surface area contributed by atoms with E-state index in [0.717, 1.165) is 0 Å². The Morgan fingerprint density at radius 3 is 2.44 bits per heavy atom. The molecule has 3 rings (SSSR count). The van der Waals surface area contributed by atoms with Gasteiger partial charge in [-0.3, -0.25) is 10.1 Å². The van der Waals surface area contributed by atoms with Crippen molar-refractivity contribution in [1.82, 2.24) is 4.72 Å². The van der Waals surface area contributed by atoms with Gasteiger partial charge in [-0.2, -0.15) is 0 Å². The third-order valence-corrected chi connectivity index (χ3v) is 5.25. The molecule has 0 saturated heterocycles. The number of hydrogen-bond acceptors (Lipinski definition) is 5. The molecular weight excluding hydrogens is 342 g/mol. The van der Waals surface area contributed by atoms with E-state index in [0.29, 0.717) is 22.0 Å². The van der Waals surface area contributed by atoms with E-state index >= 15 is 0 Å². The van der Waals surface area contributed by atoms with Crippen molar-refractivity contribution in [1.29, 1.82) is 0 Å². The summed E-state index contributed by atoms with van der Waals surface area (Å²) in [4.78, 5) is 10.4. The first-order chi connectivity index (χ1) is 11.9. The van der Waals surface area contributed by atoms with Crippen molar-refractivity contribution < 1.29 is 13.3 Å². The highest BCUT2D eigenvalue weighted by Gasteiger charge is 2.18. The maximum Gasteiger partial charge on any atom is 0.269 e. The highest BCUT2D eigenvalue weighted by Crippen LogP contribution is 2.27. The number of nitro benzene ring substituents is 1. The van der Waals surface area contributed by atoms with E-state index < -0.39 is 14.9 Å². The molecule has 0 bridgehead atoms. The van der Waals surface area contributed by atoms with Gasteiger partial charge in [0.05, 0.1) is 9.82 Å². The maximum absolute atomic E-state index is 12.7. The van der Waals surface area contributed by atoms with Gasteiger partial charge >= 0.3 is 0 Å². The van der Waals surface area contributed by atoms with Crippen LogP contribution in [-0.2, 0) is 16.6 Å². The first kappa shape index (κ1) is 16.9. The highest BCUT2D eigenvalue weighted by atomic mass is 32.2. The van der Waals surface area contributed by atoms with Crippen LogP contribution in [0.1, 0.15) is 5.56 Å². The van der Waals surface area contributed by atoms with E-state index in [4.69, 9.17) is 5.73 Å². The second-order valence-electron chi connectivity index (χ2n) is 5.45. The van der Waals surface area contributed by atoms with Crippen LogP contribution < -0.4 is 10.5 Å². The molecule has 0 aliphatic rings. The average Bonchev–Trinajstić information content (AvgIpc) is 2.60. The fourth-order valence-corrected chi connectivity index (χ4v) is 3.81. The van der Waals surface area contributed by atoms with Crippen LogP contribution in [0.5, 0.6) is 0 Å². The second kappa shape index (κ2) is 6.50. The van der Waals surface area contributed by atoms with Crippen LogP contribution in [0.25, 0.3) is 10.8 Å². The summed E-state index contributed by atoms with van der Waals surface area (Å²) in [6.45, 7) is -0.0529. The maximum atomic E-state index is 12.7. The number of anilines is 1. The van der Waals surface area contributed by atoms with Crippen LogP contribution in [0, 0.1) is 10.1 Å². The molecule has 0 saturated carbocycles. The third-order valence-electron chi connectivity index (χ3n) is 3.79. The summed E-state index contributed by atoms with van der Waals surface area (Å²) >= 11 is 0. The van der Waals surface area contributed by atoms with Gasteiger partial charge in [0.1, 0.15) is 0 Å². The standard InChI is InChI=1S/C17H15N3O4S/c18-16-8-2-7-15-14(16)6-3-9-17(15)25(23,24)19-11-12-4-1-5-13(10-12)20(21)22/h1-10,19H,11,18H2. The molecule has 0 aromatic heterocycles. The number of sulfonamides is 1. The van der Waals surface area contributed by atoms with Crippen LogP contribution >= 0.6 is 0 Å². The lowest BCUT2D eigenvalue weighted by atomic mass is 10.1. The van der Waals surface area contributed by atoms with Crippen molar-refractivity contribution in [2.24, 2.45) is 0 Å². The predicted molar refractivity (Wildman–Crippen MR) is 95.5 cm³/mol. The monoisotopic (exact) mass is 357 g/mol. The van der Waals surface area contributed by atoms with Gasteiger partial charge in [0, 0.05) is 35.1 Å². The van der Waals surface area contributed by atoms with Crippen molar-refractivity contribution in [2.75, 3.05) is 5.73 Å². The molecule has 128 valence electrons. The Morgan fingerprint density at radius 2 is 1.68 bits per heavy atom. The van der Waals surface area contributed by atoms with Gasteiger partial charge in [-0.15, -0.1) is 0 Å². The Bertz CT molecular complexity index is 1060. The van der Waals surface area contributed by atoms with Crippen molar-refractivity contribution in [3.05, 3.63) is 76.3 Å². The van der Waals surface area contributed by atoms with E-state index in [9.17, 15) is 18.5 Å². The van der Waals surface area contributed by atoms with Crippen LogP contribution in [0.3, 0.4) is 0 Å². The smallest absolute Gasteiger partial charge is 0.269 e. The van der Waals surface area contributed by atoms with Crippen LogP contribution in [0.15, 0.2) is 65.6 Å². The molecule has 0 spiro atoms. The summed E-state index contributed by atoms with van der Waals surface area (Å²) in [5, 5.41) is 12.0. The number of nitrogen functional groups attached to an aromatic ring is 1. The molecule has 0 amide bonds. The fraction of sp³-hybridized carbons (Fsp3) is 0.0588. The molecule has 0 unspecified atom stereocenters. The number of rotatable bonds is 5. The van der Waals surface area contributed by atoms with Gasteiger partial charge < -0.3 is 5.73 Å². The lowest BCUT2D eigenvalue weighted by Gasteiger charge is -2.10. The van der Waals surface area contributed by atoms with Gasteiger partial charge in [0.15, 0.2) is 0 Å². The third kappa shape index (κ3) is 3.44. The zero-order valence-electron chi connectivity index (χ0n) is 13.0. The molecule has 0 atom stereocenters. The quantitative estimate of drug-likeness (QED) is 0.414. The fourth-order valence-electron chi connectivity index (χ4n) is 2.58. The SMILES string of the molecule is Nc1cccc2c(S(=O)(=O)NCc3cccc([N+](=O)[O-])c3)cccc12. The molecule has 3 N–H and O–H groups in total. The lowest BCUT2D eigenvalue weighted by Crippen LogP contribution is -2.23. The van der Waals surface area contributed by atoms with Crippen LogP contribution in [-0.4, -0.2) is 13.3 Å². The van der Waals surface area contributed by atoms with Crippen molar-refractivity contribution in [3.63, 3.8) is 0 Å². The number of fused-ring (bicyclic) bond motifs is 1. The normalized spacial score (nSPS) is 11.5. The molecule has 0 radical (unpaired) electrons. The number of nitro groups is 1. The minimum atomic E-state index is -3.81.